The van der Waals surface area contributed by atoms with Crippen LogP contribution in [0.25, 0.3) is 11.1 Å². The van der Waals surface area contributed by atoms with E-state index in [9.17, 15) is 18.5 Å². The Kier molecular flexibility index (Phi) is 7.48. The van der Waals surface area contributed by atoms with Gasteiger partial charge in [-0.1, -0.05) is 18.2 Å². The normalized spacial score (nSPS) is 17.0. The van der Waals surface area contributed by atoms with Gasteiger partial charge in [0.2, 0.25) is 0 Å². The lowest BCUT2D eigenvalue weighted by Crippen LogP contribution is -2.41. The van der Waals surface area contributed by atoms with Crippen LogP contribution in [0.3, 0.4) is 0 Å². The summed E-state index contributed by atoms with van der Waals surface area (Å²) < 4.78 is 48.7. The number of rotatable bonds is 6. The molecule has 37 heavy (non-hydrogen) atoms. The lowest BCUT2D eigenvalue weighted by Gasteiger charge is -2.27. The number of hydrogen-bond donors (Lipinski definition) is 1. The van der Waals surface area contributed by atoms with Crippen LogP contribution >= 0.6 is 12.4 Å². The quantitative estimate of drug-likeness (QED) is 0.471. The molecule has 12 heteroatoms. The van der Waals surface area contributed by atoms with Gasteiger partial charge in [-0.2, -0.15) is 13.7 Å². The molecular formula is C25H22ClFN4O5S. The molecule has 2 N–H and O–H groups in total. The van der Waals surface area contributed by atoms with E-state index >= 15 is 4.39 Å². The van der Waals surface area contributed by atoms with Crippen molar-refractivity contribution in [3.05, 3.63) is 83.2 Å². The zero-order valence-electron chi connectivity index (χ0n) is 19.9. The molecule has 0 aromatic heterocycles. The Morgan fingerprint density at radius 2 is 1.76 bits per heavy atom. The molecule has 0 spiro atoms. The van der Waals surface area contributed by atoms with Gasteiger partial charge in [-0.15, -0.1) is 12.4 Å². The second kappa shape index (κ2) is 10.1. The highest BCUT2D eigenvalue weighted by Gasteiger charge is 2.50. The number of nitrogens with two attached hydrogens (primary N) is 1. The third-order valence-electron chi connectivity index (χ3n) is 5.76. The Bertz CT molecular complexity index is 1570. The van der Waals surface area contributed by atoms with Gasteiger partial charge in [0.15, 0.2) is 11.5 Å². The number of nitriles is 1. The highest BCUT2D eigenvalue weighted by atomic mass is 35.5. The van der Waals surface area contributed by atoms with Gasteiger partial charge in [0.05, 0.1) is 25.0 Å². The van der Waals surface area contributed by atoms with E-state index in [1.165, 1.54) is 62.7 Å². The van der Waals surface area contributed by atoms with Crippen LogP contribution in [-0.2, 0) is 20.5 Å². The molecule has 0 aliphatic carbocycles. The van der Waals surface area contributed by atoms with E-state index < -0.39 is 27.4 Å². The van der Waals surface area contributed by atoms with Crippen molar-refractivity contribution in [2.75, 3.05) is 20.4 Å². The first-order valence-electron chi connectivity index (χ1n) is 10.5. The molecule has 0 saturated heterocycles. The molecule has 0 saturated carbocycles. The standard InChI is InChI=1S/C25H21FN4O5S.ClH/c1-30-23(31)25(29-24(30)28,16-5-4-6-19(11-16)35-36(3,32)33)17-8-10-22(26)21(12-17)20-13-18(34-2)9-7-15(20)14-27;/h4-13H,1-3H3,(H2,28,29);1H. The SMILES string of the molecule is COc1ccc(C#N)c(-c2cc(C3(c4cccc(OS(C)(=O)=O)c4)N=C(N)N(C)C3=O)ccc2F)c1.Cl. The fourth-order valence-electron chi connectivity index (χ4n) is 4.06. The van der Waals surface area contributed by atoms with Crippen LogP contribution < -0.4 is 14.7 Å². The molecule has 9 nitrogen and oxygen atoms in total. The molecule has 1 unspecified atom stereocenters. The van der Waals surface area contributed by atoms with Crippen molar-refractivity contribution >= 4 is 34.4 Å². The molecule has 4 rings (SSSR count). The molecule has 0 fully saturated rings. The third-order valence-corrected chi connectivity index (χ3v) is 6.26. The fourth-order valence-corrected chi connectivity index (χ4v) is 4.51. The lowest BCUT2D eigenvalue weighted by atomic mass is 9.81. The number of carbonyl (C=O) groups excluding carboxylic acids is 1. The number of guanidine groups is 1. The number of halogens is 2. The van der Waals surface area contributed by atoms with E-state index in [-0.39, 0.29) is 51.9 Å². The maximum absolute atomic E-state index is 15.1. The van der Waals surface area contributed by atoms with Gasteiger partial charge in [-0.05, 0) is 53.6 Å². The topological polar surface area (TPSA) is 135 Å². The van der Waals surface area contributed by atoms with Crippen molar-refractivity contribution in [1.29, 1.82) is 5.26 Å². The predicted octanol–water partition coefficient (Wildman–Crippen LogP) is 3.16. The molecule has 1 aliphatic rings. The molecule has 0 bridgehead atoms. The summed E-state index contributed by atoms with van der Waals surface area (Å²) >= 11 is 0. The number of aliphatic imine (C=N–C) groups is 1. The summed E-state index contributed by atoms with van der Waals surface area (Å²) in [7, 11) is -0.956. The Morgan fingerprint density at radius 3 is 2.35 bits per heavy atom. The van der Waals surface area contributed by atoms with Crippen LogP contribution in [0.5, 0.6) is 11.5 Å². The first-order valence-corrected chi connectivity index (χ1v) is 12.3. The molecular weight excluding hydrogens is 523 g/mol. The zero-order valence-corrected chi connectivity index (χ0v) is 21.6. The van der Waals surface area contributed by atoms with E-state index in [2.05, 4.69) is 4.99 Å². The van der Waals surface area contributed by atoms with Crippen LogP contribution in [0.1, 0.15) is 16.7 Å². The van der Waals surface area contributed by atoms with Crippen molar-refractivity contribution in [3.8, 4) is 28.7 Å². The summed E-state index contributed by atoms with van der Waals surface area (Å²) in [5.41, 5.74) is 5.26. The molecule has 1 aliphatic heterocycles. The maximum Gasteiger partial charge on any atom is 0.306 e. The van der Waals surface area contributed by atoms with Crippen LogP contribution in [-0.4, -0.2) is 45.6 Å². The highest BCUT2D eigenvalue weighted by Crippen LogP contribution is 2.42. The van der Waals surface area contributed by atoms with Gasteiger partial charge in [-0.3, -0.25) is 9.69 Å². The van der Waals surface area contributed by atoms with Gasteiger partial charge in [0, 0.05) is 18.2 Å². The minimum Gasteiger partial charge on any atom is -0.497 e. The van der Waals surface area contributed by atoms with Crippen LogP contribution in [0, 0.1) is 17.1 Å². The smallest absolute Gasteiger partial charge is 0.306 e. The summed E-state index contributed by atoms with van der Waals surface area (Å²) in [6.07, 6.45) is 0.896. The summed E-state index contributed by atoms with van der Waals surface area (Å²) in [5, 5.41) is 9.60. The fraction of sp³-hybridized carbons (Fsp3) is 0.160. The third kappa shape index (κ3) is 4.94. The predicted molar refractivity (Wildman–Crippen MR) is 137 cm³/mol. The van der Waals surface area contributed by atoms with E-state index in [0.29, 0.717) is 5.75 Å². The Morgan fingerprint density at radius 1 is 1.05 bits per heavy atom. The monoisotopic (exact) mass is 544 g/mol. The molecule has 3 aromatic carbocycles. The second-order valence-electron chi connectivity index (χ2n) is 8.08. The number of amides is 1. The molecule has 0 radical (unpaired) electrons. The van der Waals surface area contributed by atoms with E-state index in [0.717, 1.165) is 11.2 Å². The maximum atomic E-state index is 15.1. The van der Waals surface area contributed by atoms with Crippen molar-refractivity contribution in [2.45, 2.75) is 5.54 Å². The van der Waals surface area contributed by atoms with Crippen molar-refractivity contribution in [3.63, 3.8) is 0 Å². The second-order valence-corrected chi connectivity index (χ2v) is 9.65. The Hall–Kier alpha value is -4.14. The number of likely N-dealkylation sites (N-methyl/N-ethyl adjacent to an activating group) is 1. The average molecular weight is 545 g/mol. The summed E-state index contributed by atoms with van der Waals surface area (Å²) in [5.74, 6) is -0.885. The number of benzene rings is 3. The Balaban J connectivity index is 0.00000380. The number of hydrogen-bond acceptors (Lipinski definition) is 8. The van der Waals surface area contributed by atoms with Crippen LogP contribution in [0.2, 0.25) is 0 Å². The molecule has 1 heterocycles. The van der Waals surface area contributed by atoms with Crippen molar-refractivity contribution in [1.82, 2.24) is 4.90 Å². The van der Waals surface area contributed by atoms with Crippen LogP contribution in [0.4, 0.5) is 4.39 Å². The van der Waals surface area contributed by atoms with Crippen LogP contribution in [0.15, 0.2) is 65.7 Å². The van der Waals surface area contributed by atoms with Gasteiger partial charge < -0.3 is 14.7 Å². The molecule has 192 valence electrons. The number of methoxy groups -OCH3 is 1. The minimum absolute atomic E-state index is 0. The van der Waals surface area contributed by atoms with Crippen molar-refractivity contribution in [2.24, 2.45) is 10.7 Å². The summed E-state index contributed by atoms with van der Waals surface area (Å²) in [6, 6.07) is 16.5. The number of ether oxygens (including phenoxy) is 1. The van der Waals surface area contributed by atoms with E-state index in [1.807, 2.05) is 6.07 Å². The van der Waals surface area contributed by atoms with Gasteiger partial charge in [0.25, 0.3) is 5.91 Å². The lowest BCUT2D eigenvalue weighted by molar-refractivity contribution is -0.129. The van der Waals surface area contributed by atoms with E-state index in [4.69, 9.17) is 14.7 Å². The first-order chi connectivity index (χ1) is 17.0. The molecule has 1 atom stereocenters. The number of nitrogens with zero attached hydrogens (tertiary/aromatic N) is 3. The highest BCUT2D eigenvalue weighted by molar-refractivity contribution is 7.86. The van der Waals surface area contributed by atoms with Gasteiger partial charge >= 0.3 is 10.1 Å². The summed E-state index contributed by atoms with van der Waals surface area (Å²) in [4.78, 5) is 19.2. The molecule has 1 amide bonds. The van der Waals surface area contributed by atoms with Gasteiger partial charge in [-0.25, -0.2) is 9.38 Å². The first kappa shape index (κ1) is 27.4. The minimum atomic E-state index is -3.85. The van der Waals surface area contributed by atoms with Crippen molar-refractivity contribution < 1.29 is 26.5 Å². The van der Waals surface area contributed by atoms with Gasteiger partial charge in [0.1, 0.15) is 17.3 Å². The zero-order chi connectivity index (χ0) is 26.3. The van der Waals surface area contributed by atoms with E-state index in [1.54, 1.807) is 12.1 Å². The largest absolute Gasteiger partial charge is 0.497 e. The Labute approximate surface area is 219 Å². The summed E-state index contributed by atoms with van der Waals surface area (Å²) in [6.45, 7) is 0. The molecule has 3 aromatic rings. The average Bonchev–Trinajstić information content (AvgIpc) is 3.07. The number of carbonyl (C=O) groups is 1.